The van der Waals surface area contributed by atoms with Gasteiger partial charge in [0.25, 0.3) is 0 Å². The lowest BCUT2D eigenvalue weighted by Crippen LogP contribution is -2.33. The molecule has 1 aromatic heterocycles. The van der Waals surface area contributed by atoms with Crippen molar-refractivity contribution in [1.29, 1.82) is 5.26 Å². The standard InChI is InChI=1S/C19H19N3O3S/c20-10-14-7-13-8-16-17(25-12-24-16)9-15(13)21-19(14)26-11-18(23)22-5-3-1-2-4-6-22/h7-9H,1-6,11-12H2. The number of benzene rings is 1. The molecule has 26 heavy (non-hydrogen) atoms. The van der Waals surface area contributed by atoms with Gasteiger partial charge in [-0.3, -0.25) is 4.79 Å². The SMILES string of the molecule is N#Cc1cc2cc3c(cc2nc1SCC(=O)N1CCCCCC1)OCO3. The third-order valence-corrected chi connectivity index (χ3v) is 5.66. The number of carbonyl (C=O) groups is 1. The largest absolute Gasteiger partial charge is 0.454 e. The lowest BCUT2D eigenvalue weighted by Gasteiger charge is -2.20. The highest BCUT2D eigenvalue weighted by molar-refractivity contribution is 8.00. The Morgan fingerprint density at radius 3 is 2.62 bits per heavy atom. The molecule has 134 valence electrons. The van der Waals surface area contributed by atoms with E-state index in [1.54, 1.807) is 6.07 Å². The van der Waals surface area contributed by atoms with Crippen LogP contribution in [0.5, 0.6) is 11.5 Å². The maximum absolute atomic E-state index is 12.5. The van der Waals surface area contributed by atoms with Crippen LogP contribution < -0.4 is 9.47 Å². The van der Waals surface area contributed by atoms with E-state index in [1.807, 2.05) is 17.0 Å². The molecule has 0 unspecified atom stereocenters. The number of hydrogen-bond donors (Lipinski definition) is 0. The van der Waals surface area contributed by atoms with Crippen LogP contribution in [0.4, 0.5) is 0 Å². The van der Waals surface area contributed by atoms with E-state index in [1.165, 1.54) is 24.6 Å². The highest BCUT2D eigenvalue weighted by atomic mass is 32.2. The zero-order valence-electron chi connectivity index (χ0n) is 14.4. The Hall–Kier alpha value is -2.46. The van der Waals surface area contributed by atoms with E-state index in [2.05, 4.69) is 11.1 Å². The molecule has 0 spiro atoms. The van der Waals surface area contributed by atoms with Gasteiger partial charge in [0.1, 0.15) is 11.1 Å². The molecule has 2 aliphatic heterocycles. The van der Waals surface area contributed by atoms with Gasteiger partial charge < -0.3 is 14.4 Å². The number of rotatable bonds is 3. The number of amides is 1. The Balaban J connectivity index is 1.54. The molecular formula is C19H19N3O3S. The van der Waals surface area contributed by atoms with Gasteiger partial charge in [0.05, 0.1) is 16.8 Å². The summed E-state index contributed by atoms with van der Waals surface area (Å²) < 4.78 is 10.8. The molecule has 0 bridgehead atoms. The molecule has 6 nitrogen and oxygen atoms in total. The molecule has 0 atom stereocenters. The average molecular weight is 369 g/mol. The number of ether oxygens (including phenoxy) is 2. The minimum Gasteiger partial charge on any atom is -0.454 e. The average Bonchev–Trinajstić information content (AvgIpc) is 2.93. The maximum atomic E-state index is 12.5. The van der Waals surface area contributed by atoms with Crippen molar-refractivity contribution >= 4 is 28.6 Å². The number of fused-ring (bicyclic) bond motifs is 2. The first-order chi connectivity index (χ1) is 12.7. The summed E-state index contributed by atoms with van der Waals surface area (Å²) in [5, 5.41) is 10.9. The van der Waals surface area contributed by atoms with Crippen LogP contribution >= 0.6 is 11.8 Å². The van der Waals surface area contributed by atoms with Gasteiger partial charge in [-0.15, -0.1) is 0 Å². The molecule has 0 saturated carbocycles. The molecule has 4 rings (SSSR count). The van der Waals surface area contributed by atoms with Gasteiger partial charge in [-0.1, -0.05) is 24.6 Å². The number of aromatic nitrogens is 1. The summed E-state index contributed by atoms with van der Waals surface area (Å²) in [7, 11) is 0. The van der Waals surface area contributed by atoms with Crippen molar-refractivity contribution in [2.45, 2.75) is 30.7 Å². The zero-order chi connectivity index (χ0) is 17.9. The molecule has 2 aromatic rings. The monoisotopic (exact) mass is 369 g/mol. The second-order valence-corrected chi connectivity index (χ2v) is 7.40. The van der Waals surface area contributed by atoms with Gasteiger partial charge in [0, 0.05) is 24.5 Å². The fraction of sp³-hybridized carbons (Fsp3) is 0.421. The van der Waals surface area contributed by atoms with Gasteiger partial charge in [0.15, 0.2) is 11.5 Å². The van der Waals surface area contributed by atoms with Crippen LogP contribution in [0.2, 0.25) is 0 Å². The Bertz CT molecular complexity index is 886. The fourth-order valence-corrected chi connectivity index (χ4v) is 4.14. The summed E-state index contributed by atoms with van der Waals surface area (Å²) in [6.45, 7) is 1.86. The van der Waals surface area contributed by atoms with Gasteiger partial charge >= 0.3 is 0 Å². The quantitative estimate of drug-likeness (QED) is 0.773. The van der Waals surface area contributed by atoms with Crippen LogP contribution in [-0.4, -0.2) is 41.4 Å². The minimum atomic E-state index is 0.119. The van der Waals surface area contributed by atoms with Crippen molar-refractivity contribution in [2.24, 2.45) is 0 Å². The number of likely N-dealkylation sites (tertiary alicyclic amines) is 1. The zero-order valence-corrected chi connectivity index (χ0v) is 15.2. The molecule has 0 N–H and O–H groups in total. The number of carbonyl (C=O) groups excluding carboxylic acids is 1. The lowest BCUT2D eigenvalue weighted by molar-refractivity contribution is -0.128. The molecule has 1 aromatic carbocycles. The Labute approximate surface area is 156 Å². The van der Waals surface area contributed by atoms with Gasteiger partial charge in [0.2, 0.25) is 12.7 Å². The second kappa shape index (κ2) is 7.42. The summed E-state index contributed by atoms with van der Waals surface area (Å²) in [5.41, 5.74) is 1.21. The van der Waals surface area contributed by atoms with E-state index >= 15 is 0 Å². The molecule has 0 aliphatic carbocycles. The Morgan fingerprint density at radius 1 is 1.15 bits per heavy atom. The highest BCUT2D eigenvalue weighted by Gasteiger charge is 2.19. The second-order valence-electron chi connectivity index (χ2n) is 6.43. The van der Waals surface area contributed by atoms with Crippen molar-refractivity contribution in [3.8, 4) is 17.6 Å². The number of thioether (sulfide) groups is 1. The van der Waals surface area contributed by atoms with Crippen molar-refractivity contribution in [2.75, 3.05) is 25.6 Å². The number of nitrogens with zero attached hydrogens (tertiary/aromatic N) is 3. The molecular weight excluding hydrogens is 350 g/mol. The van der Waals surface area contributed by atoms with Crippen LogP contribution in [-0.2, 0) is 4.79 Å². The molecule has 7 heteroatoms. The first-order valence-corrected chi connectivity index (χ1v) is 9.78. The molecule has 0 radical (unpaired) electrons. The normalized spacial score (nSPS) is 16.3. The van der Waals surface area contributed by atoms with Gasteiger partial charge in [-0.2, -0.15) is 5.26 Å². The van der Waals surface area contributed by atoms with E-state index in [-0.39, 0.29) is 12.7 Å². The van der Waals surface area contributed by atoms with Crippen LogP contribution in [0.15, 0.2) is 23.2 Å². The van der Waals surface area contributed by atoms with Crippen LogP contribution in [0.3, 0.4) is 0 Å². The summed E-state index contributed by atoms with van der Waals surface area (Å²) in [6.07, 6.45) is 4.53. The summed E-state index contributed by atoms with van der Waals surface area (Å²) in [4.78, 5) is 19.0. The lowest BCUT2D eigenvalue weighted by atomic mass is 10.1. The minimum absolute atomic E-state index is 0.119. The molecule has 1 fully saturated rings. The summed E-state index contributed by atoms with van der Waals surface area (Å²) >= 11 is 1.33. The van der Waals surface area contributed by atoms with Crippen molar-refractivity contribution in [3.05, 3.63) is 23.8 Å². The van der Waals surface area contributed by atoms with E-state index in [9.17, 15) is 10.1 Å². The molecule has 2 aliphatic rings. The first kappa shape index (κ1) is 17.0. The van der Waals surface area contributed by atoms with E-state index < -0.39 is 0 Å². The van der Waals surface area contributed by atoms with Crippen molar-refractivity contribution < 1.29 is 14.3 Å². The van der Waals surface area contributed by atoms with E-state index in [4.69, 9.17) is 9.47 Å². The smallest absolute Gasteiger partial charge is 0.232 e. The molecule has 1 saturated heterocycles. The number of nitriles is 1. The Morgan fingerprint density at radius 2 is 1.88 bits per heavy atom. The van der Waals surface area contributed by atoms with Crippen LogP contribution in [0, 0.1) is 11.3 Å². The van der Waals surface area contributed by atoms with Crippen molar-refractivity contribution in [1.82, 2.24) is 9.88 Å². The van der Waals surface area contributed by atoms with Crippen LogP contribution in [0.1, 0.15) is 31.2 Å². The third-order valence-electron chi connectivity index (χ3n) is 4.69. The van der Waals surface area contributed by atoms with Gasteiger partial charge in [-0.05, 0) is 25.0 Å². The molecule has 1 amide bonds. The predicted octanol–water partition coefficient (Wildman–Crippen LogP) is 3.33. The Kier molecular flexibility index (Phi) is 4.85. The molecule has 3 heterocycles. The third kappa shape index (κ3) is 3.42. The summed E-state index contributed by atoms with van der Waals surface area (Å²) in [6, 6.07) is 7.64. The number of pyridine rings is 1. The number of hydrogen-bond acceptors (Lipinski definition) is 6. The van der Waals surface area contributed by atoms with E-state index in [0.717, 1.165) is 36.8 Å². The first-order valence-electron chi connectivity index (χ1n) is 8.80. The van der Waals surface area contributed by atoms with Gasteiger partial charge in [-0.25, -0.2) is 4.98 Å². The van der Waals surface area contributed by atoms with Crippen LogP contribution in [0.25, 0.3) is 10.9 Å². The topological polar surface area (TPSA) is 75.5 Å². The van der Waals surface area contributed by atoms with Crippen molar-refractivity contribution in [3.63, 3.8) is 0 Å². The highest BCUT2D eigenvalue weighted by Crippen LogP contribution is 2.37. The van der Waals surface area contributed by atoms with E-state index in [0.29, 0.717) is 27.8 Å². The summed E-state index contributed by atoms with van der Waals surface area (Å²) in [5.74, 6) is 1.75. The maximum Gasteiger partial charge on any atom is 0.232 e. The fourth-order valence-electron chi connectivity index (χ4n) is 3.28. The predicted molar refractivity (Wildman–Crippen MR) is 98.4 cm³/mol.